The second-order valence-electron chi connectivity index (χ2n) is 6.64. The molecule has 4 heteroatoms. The van der Waals surface area contributed by atoms with E-state index >= 15 is 0 Å². The molecule has 0 amide bonds. The van der Waals surface area contributed by atoms with Gasteiger partial charge in [0.15, 0.2) is 13.4 Å². The van der Waals surface area contributed by atoms with Crippen LogP contribution < -0.4 is 0 Å². The highest BCUT2D eigenvalue weighted by atomic mass is 32.2. The molecule has 0 unspecified atom stereocenters. The fraction of sp³-hybridized carbons (Fsp3) is 0.923. The molecular weight excluding hydrogens is 248 g/mol. The first kappa shape index (κ1) is 15.3. The molecular formula is C13H26O2SSi. The normalized spacial score (nSPS) is 25.5. The molecule has 1 saturated carbocycles. The molecule has 0 aliphatic heterocycles. The van der Waals surface area contributed by atoms with Crippen molar-refractivity contribution < 1.29 is 9.22 Å². The number of hydrogen-bond acceptors (Lipinski definition) is 3. The van der Waals surface area contributed by atoms with Gasteiger partial charge < -0.3 is 4.43 Å². The van der Waals surface area contributed by atoms with Gasteiger partial charge >= 0.3 is 0 Å². The molecule has 0 aromatic rings. The fourth-order valence-electron chi connectivity index (χ4n) is 1.74. The molecule has 0 N–H and O–H groups in total. The summed E-state index contributed by atoms with van der Waals surface area (Å²) in [6, 6.07) is 0. The summed E-state index contributed by atoms with van der Waals surface area (Å²) in [6.45, 7) is 13.1. The van der Waals surface area contributed by atoms with Crippen molar-refractivity contribution in [2.45, 2.75) is 64.8 Å². The maximum absolute atomic E-state index is 10.9. The molecule has 0 spiro atoms. The maximum Gasteiger partial charge on any atom is 0.192 e. The molecule has 1 aliphatic rings. The van der Waals surface area contributed by atoms with E-state index in [4.69, 9.17) is 4.43 Å². The molecule has 0 radical (unpaired) electrons. The van der Waals surface area contributed by atoms with Gasteiger partial charge in [-0.25, -0.2) is 0 Å². The second-order valence-corrected chi connectivity index (χ2v) is 12.6. The van der Waals surface area contributed by atoms with Crippen LogP contribution in [0.4, 0.5) is 0 Å². The Bertz CT molecular complexity index is 278. The lowest BCUT2D eigenvalue weighted by Crippen LogP contribution is -2.47. The van der Waals surface area contributed by atoms with Crippen LogP contribution in [0, 0.1) is 5.92 Å². The quantitative estimate of drug-likeness (QED) is 0.723. The van der Waals surface area contributed by atoms with Crippen molar-refractivity contribution in [3.63, 3.8) is 0 Å². The van der Waals surface area contributed by atoms with E-state index in [1.165, 1.54) is 11.8 Å². The van der Waals surface area contributed by atoms with Gasteiger partial charge in [-0.1, -0.05) is 32.5 Å². The number of carbonyl (C=O) groups is 1. The molecule has 0 atom stereocenters. The van der Waals surface area contributed by atoms with Crippen LogP contribution in [0.3, 0.4) is 0 Å². The number of thioether (sulfide) groups is 1. The summed E-state index contributed by atoms with van der Waals surface area (Å²) >= 11 is 1.46. The van der Waals surface area contributed by atoms with Crippen LogP contribution in [-0.2, 0) is 9.22 Å². The van der Waals surface area contributed by atoms with Crippen molar-refractivity contribution in [3.8, 4) is 0 Å². The van der Waals surface area contributed by atoms with Crippen molar-refractivity contribution in [1.29, 1.82) is 0 Å². The van der Waals surface area contributed by atoms with Gasteiger partial charge in [-0.05, 0) is 36.9 Å². The first-order chi connectivity index (χ1) is 7.62. The Labute approximate surface area is 111 Å². The lowest BCUT2D eigenvalue weighted by Gasteiger charge is -2.44. The molecule has 2 nitrogen and oxygen atoms in total. The molecule has 0 heterocycles. The Balaban J connectivity index is 2.28. The molecule has 0 saturated heterocycles. The van der Waals surface area contributed by atoms with E-state index in [0.29, 0.717) is 17.1 Å². The molecule has 1 fully saturated rings. The van der Waals surface area contributed by atoms with Gasteiger partial charge in [0, 0.05) is 18.8 Å². The van der Waals surface area contributed by atoms with Crippen molar-refractivity contribution in [2.75, 3.05) is 5.75 Å². The smallest absolute Gasteiger partial charge is 0.192 e. The fourth-order valence-corrected chi connectivity index (χ4v) is 3.86. The summed E-state index contributed by atoms with van der Waals surface area (Å²) in [5.74, 6) is 1.67. The topological polar surface area (TPSA) is 26.3 Å². The average molecular weight is 275 g/mol. The second kappa shape index (κ2) is 5.45. The molecule has 0 bridgehead atoms. The van der Waals surface area contributed by atoms with E-state index < -0.39 is 8.32 Å². The first-order valence-electron chi connectivity index (χ1n) is 6.43. The van der Waals surface area contributed by atoms with Crippen LogP contribution in [0.1, 0.15) is 40.5 Å². The van der Waals surface area contributed by atoms with Crippen molar-refractivity contribution in [1.82, 2.24) is 0 Å². The zero-order valence-electron chi connectivity index (χ0n) is 12.0. The minimum atomic E-state index is -1.59. The predicted molar refractivity (Wildman–Crippen MR) is 77.9 cm³/mol. The lowest BCUT2D eigenvalue weighted by atomic mass is 9.84. The average Bonchev–Trinajstić information content (AvgIpc) is 2.06. The van der Waals surface area contributed by atoms with Crippen molar-refractivity contribution >= 4 is 25.2 Å². The maximum atomic E-state index is 10.9. The molecule has 1 rings (SSSR count). The van der Waals surface area contributed by atoms with E-state index in [2.05, 4.69) is 33.9 Å². The molecule has 17 heavy (non-hydrogen) atoms. The highest BCUT2D eigenvalue weighted by Crippen LogP contribution is 2.42. The third kappa shape index (κ3) is 4.41. The Morgan fingerprint density at radius 3 is 2.29 bits per heavy atom. The standard InChI is InChI=1S/C13H26O2SSi/c1-10(14)16-9-11-7-12(8-11)15-17(5,6)13(2,3)4/h11-12H,7-9H2,1-6H3. The SMILES string of the molecule is CC(=O)SCC1CC(O[Si](C)(C)C(C)(C)C)C1. The zero-order chi connectivity index (χ0) is 13.3. The lowest BCUT2D eigenvalue weighted by molar-refractivity contribution is -0.109. The minimum absolute atomic E-state index is 0.235. The highest BCUT2D eigenvalue weighted by molar-refractivity contribution is 8.13. The third-order valence-electron chi connectivity index (χ3n) is 3.98. The van der Waals surface area contributed by atoms with Gasteiger partial charge in [-0.15, -0.1) is 0 Å². The van der Waals surface area contributed by atoms with Crippen LogP contribution in [0.25, 0.3) is 0 Å². The number of hydrogen-bond donors (Lipinski definition) is 0. The van der Waals surface area contributed by atoms with Gasteiger partial charge in [0.1, 0.15) is 0 Å². The van der Waals surface area contributed by atoms with Gasteiger partial charge in [0.25, 0.3) is 0 Å². The zero-order valence-corrected chi connectivity index (χ0v) is 13.8. The largest absolute Gasteiger partial charge is 0.414 e. The van der Waals surface area contributed by atoms with E-state index in [9.17, 15) is 4.79 Å². The summed E-state index contributed by atoms with van der Waals surface area (Å²) in [5.41, 5.74) is 0. The number of rotatable bonds is 4. The Kier molecular flexibility index (Phi) is 4.89. The van der Waals surface area contributed by atoms with Crippen LogP contribution in [0.5, 0.6) is 0 Å². The Hall–Kier alpha value is 0.197. The first-order valence-corrected chi connectivity index (χ1v) is 10.3. The van der Waals surface area contributed by atoms with Crippen LogP contribution in [0.2, 0.25) is 18.1 Å². The predicted octanol–water partition coefficient (Wildman–Crippen LogP) is 4.07. The molecule has 0 aromatic carbocycles. The van der Waals surface area contributed by atoms with E-state index in [-0.39, 0.29) is 5.12 Å². The van der Waals surface area contributed by atoms with Gasteiger partial charge in [0.05, 0.1) is 0 Å². The minimum Gasteiger partial charge on any atom is -0.414 e. The summed E-state index contributed by atoms with van der Waals surface area (Å²) < 4.78 is 6.32. The van der Waals surface area contributed by atoms with E-state index in [1.54, 1.807) is 6.92 Å². The highest BCUT2D eigenvalue weighted by Gasteiger charge is 2.42. The third-order valence-corrected chi connectivity index (χ3v) is 9.56. The van der Waals surface area contributed by atoms with Crippen LogP contribution >= 0.6 is 11.8 Å². The van der Waals surface area contributed by atoms with E-state index in [0.717, 1.165) is 18.6 Å². The van der Waals surface area contributed by atoms with Crippen molar-refractivity contribution in [3.05, 3.63) is 0 Å². The van der Waals surface area contributed by atoms with Crippen LogP contribution in [-0.4, -0.2) is 25.3 Å². The van der Waals surface area contributed by atoms with Crippen molar-refractivity contribution in [2.24, 2.45) is 5.92 Å². The summed E-state index contributed by atoms with van der Waals surface area (Å²) in [5, 5.41) is 0.533. The summed E-state index contributed by atoms with van der Waals surface area (Å²) in [6.07, 6.45) is 2.74. The van der Waals surface area contributed by atoms with E-state index in [1.807, 2.05) is 0 Å². The van der Waals surface area contributed by atoms with Gasteiger partial charge in [-0.3, -0.25) is 4.79 Å². The molecule has 100 valence electrons. The monoisotopic (exact) mass is 274 g/mol. The Morgan fingerprint density at radius 1 is 1.35 bits per heavy atom. The Morgan fingerprint density at radius 2 is 1.88 bits per heavy atom. The molecule has 1 aliphatic carbocycles. The summed E-state index contributed by atoms with van der Waals surface area (Å²) in [4.78, 5) is 10.9. The number of carbonyl (C=O) groups excluding carboxylic acids is 1. The molecule has 0 aromatic heterocycles. The van der Waals surface area contributed by atoms with Crippen LogP contribution in [0.15, 0.2) is 0 Å². The van der Waals surface area contributed by atoms with Gasteiger partial charge in [-0.2, -0.15) is 0 Å². The van der Waals surface area contributed by atoms with Gasteiger partial charge in [0.2, 0.25) is 0 Å². The summed E-state index contributed by atoms with van der Waals surface area (Å²) in [7, 11) is -1.59.